The molecule has 2 aromatic rings. The normalized spacial score (nSPS) is 12.2. The first kappa shape index (κ1) is 22.2. The highest BCUT2D eigenvalue weighted by atomic mass is 127. The molecule has 8 heteroatoms. The average molecular weight is 472 g/mol. The van der Waals surface area contributed by atoms with Crippen LogP contribution in [0.4, 0.5) is 0 Å². The number of guanidine groups is 1. The zero-order valence-electron chi connectivity index (χ0n) is 15.9. The molecule has 2 rings (SSSR count). The number of hydrogen-bond acceptors (Lipinski definition) is 4. The van der Waals surface area contributed by atoms with Crippen LogP contribution in [0.1, 0.15) is 25.2 Å². The highest BCUT2D eigenvalue weighted by Gasteiger charge is 2.07. The van der Waals surface area contributed by atoms with Gasteiger partial charge in [-0.3, -0.25) is 4.99 Å². The molecule has 144 valence electrons. The van der Waals surface area contributed by atoms with E-state index in [4.69, 9.17) is 4.74 Å². The summed E-state index contributed by atoms with van der Waals surface area (Å²) in [4.78, 5) is 4.24. The maximum absolute atomic E-state index is 5.97. The average Bonchev–Trinajstić information content (AvgIpc) is 3.07. The number of ether oxygens (including phenoxy) is 1. The molecule has 1 atom stereocenters. The van der Waals surface area contributed by atoms with E-state index in [1.165, 1.54) is 0 Å². The molecule has 1 heterocycles. The highest BCUT2D eigenvalue weighted by molar-refractivity contribution is 14.0. The van der Waals surface area contributed by atoms with Crippen molar-refractivity contribution < 1.29 is 4.74 Å². The molecule has 1 aromatic heterocycles. The van der Waals surface area contributed by atoms with Crippen LogP contribution < -0.4 is 15.4 Å². The molecule has 0 aliphatic carbocycles. The van der Waals surface area contributed by atoms with Crippen LogP contribution in [-0.2, 0) is 13.0 Å². The molecule has 26 heavy (non-hydrogen) atoms. The Morgan fingerprint density at radius 1 is 1.31 bits per heavy atom. The minimum atomic E-state index is 0. The molecule has 0 spiro atoms. The number of nitrogens with zero attached hydrogens (tertiary/aromatic N) is 4. The summed E-state index contributed by atoms with van der Waals surface area (Å²) in [6.45, 7) is 8.37. The lowest BCUT2D eigenvalue weighted by molar-refractivity contribution is 0.222. The van der Waals surface area contributed by atoms with Crippen LogP contribution >= 0.6 is 24.0 Å². The third kappa shape index (κ3) is 6.81. The summed E-state index contributed by atoms with van der Waals surface area (Å²) in [5, 5.41) is 14.6. The van der Waals surface area contributed by atoms with Crippen LogP contribution in [0, 0.1) is 6.92 Å². The third-order valence-corrected chi connectivity index (χ3v) is 3.86. The number of aliphatic imine (C=N–C) groups is 1. The summed E-state index contributed by atoms with van der Waals surface area (Å²) in [5.74, 6) is 2.66. The lowest BCUT2D eigenvalue weighted by Gasteiger charge is -2.19. The lowest BCUT2D eigenvalue weighted by atomic mass is 10.2. The second-order valence-electron chi connectivity index (χ2n) is 5.87. The van der Waals surface area contributed by atoms with E-state index in [0.29, 0.717) is 6.54 Å². The van der Waals surface area contributed by atoms with Gasteiger partial charge in [0.1, 0.15) is 24.0 Å². The molecule has 1 aromatic carbocycles. The smallest absolute Gasteiger partial charge is 0.191 e. The molecule has 0 saturated heterocycles. The topological polar surface area (TPSA) is 76.4 Å². The lowest BCUT2D eigenvalue weighted by Crippen LogP contribution is -2.42. The molecule has 0 saturated carbocycles. The van der Waals surface area contributed by atoms with E-state index in [1.807, 2.05) is 42.7 Å². The molecule has 2 N–H and O–H groups in total. The molecule has 0 bridgehead atoms. The van der Waals surface area contributed by atoms with Crippen molar-refractivity contribution in [3.8, 4) is 5.75 Å². The van der Waals surface area contributed by atoms with Gasteiger partial charge < -0.3 is 19.9 Å². The van der Waals surface area contributed by atoms with Gasteiger partial charge in [-0.1, -0.05) is 25.1 Å². The molecule has 7 nitrogen and oxygen atoms in total. The van der Waals surface area contributed by atoms with Crippen LogP contribution in [0.25, 0.3) is 0 Å². The van der Waals surface area contributed by atoms with E-state index >= 15 is 0 Å². The van der Waals surface area contributed by atoms with Gasteiger partial charge in [0.2, 0.25) is 0 Å². The van der Waals surface area contributed by atoms with Gasteiger partial charge in [0, 0.05) is 26.6 Å². The van der Waals surface area contributed by atoms with Crippen molar-refractivity contribution in [2.24, 2.45) is 4.99 Å². The summed E-state index contributed by atoms with van der Waals surface area (Å²) in [7, 11) is 1.76. The number of benzene rings is 1. The highest BCUT2D eigenvalue weighted by Crippen LogP contribution is 2.17. The largest absolute Gasteiger partial charge is 0.489 e. The second kappa shape index (κ2) is 11.7. The molecular weight excluding hydrogens is 443 g/mol. The Morgan fingerprint density at radius 3 is 2.77 bits per heavy atom. The first-order valence-corrected chi connectivity index (χ1v) is 8.67. The SMILES string of the molecule is CCc1nncn1CCNC(=NC)NCC(C)Oc1ccccc1C.I. The Morgan fingerprint density at radius 2 is 2.08 bits per heavy atom. The van der Waals surface area contributed by atoms with Crippen LogP contribution in [0.15, 0.2) is 35.6 Å². The van der Waals surface area contributed by atoms with Crippen molar-refractivity contribution in [3.63, 3.8) is 0 Å². The second-order valence-corrected chi connectivity index (χ2v) is 5.87. The van der Waals surface area contributed by atoms with Gasteiger partial charge in [-0.15, -0.1) is 34.2 Å². The van der Waals surface area contributed by atoms with Crippen LogP contribution in [0.2, 0.25) is 0 Å². The Kier molecular flexibility index (Phi) is 10.0. The molecule has 0 aliphatic rings. The van der Waals surface area contributed by atoms with Gasteiger partial charge in [0.25, 0.3) is 0 Å². The standard InChI is InChI=1S/C18H28N6O.HI/c1-5-17-23-22-13-24(17)11-10-20-18(19-4)21-12-15(3)25-16-9-7-6-8-14(16)2;/h6-9,13,15H,5,10-12H2,1-4H3,(H2,19,20,21);1H. The maximum Gasteiger partial charge on any atom is 0.191 e. The van der Waals surface area contributed by atoms with Gasteiger partial charge in [-0.2, -0.15) is 0 Å². The van der Waals surface area contributed by atoms with Gasteiger partial charge in [-0.25, -0.2) is 0 Å². The summed E-state index contributed by atoms with van der Waals surface area (Å²) < 4.78 is 8.01. The van der Waals surface area contributed by atoms with Gasteiger partial charge in [0.05, 0.1) is 6.54 Å². The van der Waals surface area contributed by atoms with Gasteiger partial charge in [-0.05, 0) is 25.5 Å². The quantitative estimate of drug-likeness (QED) is 0.351. The first-order valence-electron chi connectivity index (χ1n) is 8.67. The number of hydrogen-bond donors (Lipinski definition) is 2. The fourth-order valence-corrected chi connectivity index (χ4v) is 2.44. The summed E-state index contributed by atoms with van der Waals surface area (Å²) in [6, 6.07) is 8.03. The van der Waals surface area contributed by atoms with Crippen molar-refractivity contribution >= 4 is 29.9 Å². The van der Waals surface area contributed by atoms with Crippen molar-refractivity contribution in [1.82, 2.24) is 25.4 Å². The van der Waals surface area contributed by atoms with Crippen LogP contribution in [0.3, 0.4) is 0 Å². The van der Waals surface area contributed by atoms with Gasteiger partial charge in [0.15, 0.2) is 5.96 Å². The van der Waals surface area contributed by atoms with E-state index in [2.05, 4.69) is 32.7 Å². The number of rotatable bonds is 8. The Hall–Kier alpha value is -1.84. The van der Waals surface area contributed by atoms with E-state index < -0.39 is 0 Å². The number of para-hydroxylation sites is 1. The first-order chi connectivity index (χ1) is 12.1. The fourth-order valence-electron chi connectivity index (χ4n) is 2.44. The minimum absolute atomic E-state index is 0. The Balaban J connectivity index is 0.00000338. The molecular formula is C18H29IN6O. The number of nitrogens with one attached hydrogen (secondary N) is 2. The Bertz CT molecular complexity index is 688. The van der Waals surface area contributed by atoms with Gasteiger partial charge >= 0.3 is 0 Å². The van der Waals surface area contributed by atoms with E-state index in [1.54, 1.807) is 13.4 Å². The van der Waals surface area contributed by atoms with E-state index in [9.17, 15) is 0 Å². The number of aromatic nitrogens is 3. The molecule has 0 fully saturated rings. The summed E-state index contributed by atoms with van der Waals surface area (Å²) in [5.41, 5.74) is 1.14. The van der Waals surface area contributed by atoms with E-state index in [0.717, 1.165) is 42.6 Å². The van der Waals surface area contributed by atoms with Crippen molar-refractivity contribution in [2.75, 3.05) is 20.1 Å². The fraction of sp³-hybridized carbons (Fsp3) is 0.500. The van der Waals surface area contributed by atoms with Crippen molar-refractivity contribution in [2.45, 2.75) is 39.8 Å². The van der Waals surface area contributed by atoms with Crippen LogP contribution in [0.5, 0.6) is 5.75 Å². The number of halogens is 1. The number of aryl methyl sites for hydroxylation is 2. The summed E-state index contributed by atoms with van der Waals surface area (Å²) >= 11 is 0. The molecule has 0 radical (unpaired) electrons. The van der Waals surface area contributed by atoms with E-state index in [-0.39, 0.29) is 30.1 Å². The molecule has 0 amide bonds. The Labute approximate surface area is 172 Å². The minimum Gasteiger partial charge on any atom is -0.489 e. The van der Waals surface area contributed by atoms with Crippen LogP contribution in [-0.4, -0.2) is 47.0 Å². The van der Waals surface area contributed by atoms with Crippen molar-refractivity contribution in [1.29, 1.82) is 0 Å². The monoisotopic (exact) mass is 472 g/mol. The summed E-state index contributed by atoms with van der Waals surface area (Å²) in [6.07, 6.45) is 2.67. The third-order valence-electron chi connectivity index (χ3n) is 3.86. The molecule has 0 aliphatic heterocycles. The molecule has 1 unspecified atom stereocenters. The zero-order valence-corrected chi connectivity index (χ0v) is 18.2. The van der Waals surface area contributed by atoms with Crippen molar-refractivity contribution in [3.05, 3.63) is 42.0 Å². The zero-order chi connectivity index (χ0) is 18.1. The predicted octanol–water partition coefficient (Wildman–Crippen LogP) is 2.40. The predicted molar refractivity (Wildman–Crippen MR) is 115 cm³/mol. The maximum atomic E-state index is 5.97.